The zero-order valence-electron chi connectivity index (χ0n) is 19.6. The zero-order valence-corrected chi connectivity index (χ0v) is 19.6. The molecular formula is C27H30N4O3. The van der Waals surface area contributed by atoms with Gasteiger partial charge in [0.1, 0.15) is 5.75 Å². The second-order valence-corrected chi connectivity index (χ2v) is 8.59. The van der Waals surface area contributed by atoms with Crippen LogP contribution in [0, 0.1) is 6.92 Å². The molecule has 7 heteroatoms. The molecule has 2 N–H and O–H groups in total. The average molecular weight is 459 g/mol. The maximum absolute atomic E-state index is 12.9. The van der Waals surface area contributed by atoms with Gasteiger partial charge >= 0.3 is 6.09 Å². The van der Waals surface area contributed by atoms with Crippen molar-refractivity contribution in [3.63, 3.8) is 0 Å². The molecule has 0 atom stereocenters. The van der Waals surface area contributed by atoms with Crippen LogP contribution in [0.4, 0.5) is 16.2 Å². The van der Waals surface area contributed by atoms with Gasteiger partial charge in [-0.15, -0.1) is 0 Å². The van der Waals surface area contributed by atoms with Gasteiger partial charge in [0.2, 0.25) is 0 Å². The van der Waals surface area contributed by atoms with Crippen LogP contribution in [0.15, 0.2) is 72.8 Å². The van der Waals surface area contributed by atoms with Crippen LogP contribution in [-0.4, -0.2) is 55.0 Å². The van der Waals surface area contributed by atoms with Crippen molar-refractivity contribution in [1.82, 2.24) is 9.80 Å². The molecule has 0 saturated carbocycles. The Morgan fingerprint density at radius 2 is 1.65 bits per heavy atom. The lowest BCUT2D eigenvalue weighted by molar-refractivity contribution is 0.102. The Labute approximate surface area is 200 Å². The lowest BCUT2D eigenvalue weighted by atomic mass is 10.1. The molecule has 0 aromatic heterocycles. The lowest BCUT2D eigenvalue weighted by Crippen LogP contribution is -2.43. The van der Waals surface area contributed by atoms with Gasteiger partial charge in [0.15, 0.2) is 0 Å². The SMILES string of the molecule is Cc1ccc(NC(=O)c2cccc(CN3CCN(C)CC3)c2)cc1NC(=O)Oc1ccccc1. The Balaban J connectivity index is 1.38. The van der Waals surface area contributed by atoms with Gasteiger partial charge in [0, 0.05) is 49.7 Å². The van der Waals surface area contributed by atoms with Crippen molar-refractivity contribution >= 4 is 23.4 Å². The highest BCUT2D eigenvalue weighted by molar-refractivity contribution is 6.04. The molecule has 0 radical (unpaired) electrons. The fourth-order valence-corrected chi connectivity index (χ4v) is 3.84. The normalized spacial score (nSPS) is 14.4. The highest BCUT2D eigenvalue weighted by Crippen LogP contribution is 2.22. The number of nitrogens with zero attached hydrogens (tertiary/aromatic N) is 2. The first kappa shape index (κ1) is 23.5. The van der Waals surface area contributed by atoms with Crippen molar-refractivity contribution in [2.75, 3.05) is 43.9 Å². The summed E-state index contributed by atoms with van der Waals surface area (Å²) < 4.78 is 5.30. The number of aryl methyl sites for hydroxylation is 1. The predicted molar refractivity (Wildman–Crippen MR) is 134 cm³/mol. The van der Waals surface area contributed by atoms with Crippen LogP contribution in [0.25, 0.3) is 0 Å². The number of para-hydroxylation sites is 1. The van der Waals surface area contributed by atoms with Gasteiger partial charge in [0.25, 0.3) is 5.91 Å². The number of benzene rings is 3. The average Bonchev–Trinajstić information content (AvgIpc) is 2.83. The van der Waals surface area contributed by atoms with Crippen molar-refractivity contribution in [2.24, 2.45) is 0 Å². The molecule has 1 aliphatic rings. The topological polar surface area (TPSA) is 73.9 Å². The quantitative estimate of drug-likeness (QED) is 0.565. The van der Waals surface area contributed by atoms with E-state index in [2.05, 4.69) is 33.5 Å². The van der Waals surface area contributed by atoms with Crippen LogP contribution in [0.2, 0.25) is 0 Å². The Hall–Kier alpha value is -3.68. The highest BCUT2D eigenvalue weighted by Gasteiger charge is 2.15. The van der Waals surface area contributed by atoms with Crippen LogP contribution >= 0.6 is 0 Å². The minimum atomic E-state index is -0.589. The largest absolute Gasteiger partial charge is 0.417 e. The smallest absolute Gasteiger partial charge is 0.410 e. The van der Waals surface area contributed by atoms with E-state index in [0.717, 1.165) is 43.9 Å². The third kappa shape index (κ3) is 6.43. The molecule has 4 rings (SSSR count). The number of anilines is 2. The molecule has 1 heterocycles. The number of likely N-dealkylation sites (N-methyl/N-ethyl adjacent to an activating group) is 1. The summed E-state index contributed by atoms with van der Waals surface area (Å²) in [6.07, 6.45) is -0.589. The summed E-state index contributed by atoms with van der Waals surface area (Å²) in [5.41, 5.74) is 3.74. The summed E-state index contributed by atoms with van der Waals surface area (Å²) in [4.78, 5) is 29.9. The molecule has 7 nitrogen and oxygen atoms in total. The summed E-state index contributed by atoms with van der Waals surface area (Å²) in [7, 11) is 2.14. The fraction of sp³-hybridized carbons (Fsp3) is 0.259. The minimum Gasteiger partial charge on any atom is -0.410 e. The van der Waals surface area contributed by atoms with Crippen LogP contribution in [0.3, 0.4) is 0 Å². The van der Waals surface area contributed by atoms with E-state index in [0.29, 0.717) is 22.7 Å². The monoisotopic (exact) mass is 458 g/mol. The second kappa shape index (κ2) is 11.0. The molecule has 0 spiro atoms. The molecule has 1 saturated heterocycles. The summed E-state index contributed by atoms with van der Waals surface area (Å²) in [6.45, 7) is 6.88. The Morgan fingerprint density at radius 1 is 0.882 bits per heavy atom. The first-order valence-electron chi connectivity index (χ1n) is 11.4. The number of ether oxygens (including phenoxy) is 1. The van der Waals surface area contributed by atoms with Gasteiger partial charge < -0.3 is 15.0 Å². The Morgan fingerprint density at radius 3 is 2.41 bits per heavy atom. The predicted octanol–water partition coefficient (Wildman–Crippen LogP) is 4.61. The van der Waals surface area contributed by atoms with Gasteiger partial charge in [-0.25, -0.2) is 4.79 Å². The van der Waals surface area contributed by atoms with E-state index in [1.54, 1.807) is 30.3 Å². The van der Waals surface area contributed by atoms with Crippen LogP contribution < -0.4 is 15.4 Å². The van der Waals surface area contributed by atoms with E-state index in [4.69, 9.17) is 4.74 Å². The summed E-state index contributed by atoms with van der Waals surface area (Å²) in [6, 6.07) is 22.0. The molecule has 2 amide bonds. The number of hydrogen-bond acceptors (Lipinski definition) is 5. The summed E-state index contributed by atoms with van der Waals surface area (Å²) >= 11 is 0. The number of carbonyl (C=O) groups excluding carboxylic acids is 2. The molecule has 34 heavy (non-hydrogen) atoms. The van der Waals surface area contributed by atoms with E-state index in [9.17, 15) is 9.59 Å². The third-order valence-corrected chi connectivity index (χ3v) is 5.88. The van der Waals surface area contributed by atoms with Crippen molar-refractivity contribution in [3.05, 3.63) is 89.5 Å². The molecule has 3 aromatic rings. The molecule has 176 valence electrons. The first-order valence-corrected chi connectivity index (χ1v) is 11.4. The van der Waals surface area contributed by atoms with Crippen molar-refractivity contribution < 1.29 is 14.3 Å². The van der Waals surface area contributed by atoms with Crippen molar-refractivity contribution in [3.8, 4) is 5.75 Å². The number of hydrogen-bond donors (Lipinski definition) is 2. The standard InChI is InChI=1S/C27H30N4O3/c1-20-11-12-23(18-25(20)29-27(33)34-24-9-4-3-5-10-24)28-26(32)22-8-6-7-21(17-22)19-31-15-13-30(2)14-16-31/h3-12,17-18H,13-16,19H2,1-2H3,(H,28,32)(H,29,33). The number of piperazine rings is 1. The van der Waals surface area contributed by atoms with Gasteiger partial charge in [-0.1, -0.05) is 36.4 Å². The van der Waals surface area contributed by atoms with Crippen LogP contribution in [0.5, 0.6) is 5.75 Å². The van der Waals surface area contributed by atoms with E-state index < -0.39 is 6.09 Å². The van der Waals surface area contributed by atoms with Crippen molar-refractivity contribution in [1.29, 1.82) is 0 Å². The fourth-order valence-electron chi connectivity index (χ4n) is 3.84. The highest BCUT2D eigenvalue weighted by atomic mass is 16.6. The van der Waals surface area contributed by atoms with Crippen LogP contribution in [0.1, 0.15) is 21.5 Å². The van der Waals surface area contributed by atoms with E-state index in [1.165, 1.54) is 0 Å². The molecule has 3 aromatic carbocycles. The Bertz CT molecular complexity index is 1140. The molecule has 0 unspecified atom stereocenters. The molecule has 0 bridgehead atoms. The number of amides is 2. The van der Waals surface area contributed by atoms with Gasteiger partial charge in [-0.2, -0.15) is 0 Å². The minimum absolute atomic E-state index is 0.193. The summed E-state index contributed by atoms with van der Waals surface area (Å²) in [5.74, 6) is 0.264. The zero-order chi connectivity index (χ0) is 23.9. The lowest BCUT2D eigenvalue weighted by Gasteiger charge is -2.32. The summed E-state index contributed by atoms with van der Waals surface area (Å²) in [5, 5.41) is 5.68. The van der Waals surface area contributed by atoms with Gasteiger partial charge in [0.05, 0.1) is 0 Å². The number of rotatable bonds is 6. The molecule has 1 fully saturated rings. The maximum atomic E-state index is 12.9. The van der Waals surface area contributed by atoms with Gasteiger partial charge in [-0.3, -0.25) is 15.0 Å². The maximum Gasteiger partial charge on any atom is 0.417 e. The van der Waals surface area contributed by atoms with Crippen LogP contribution in [-0.2, 0) is 6.54 Å². The first-order chi connectivity index (χ1) is 16.5. The molecule has 0 aliphatic carbocycles. The van der Waals surface area contributed by atoms with Gasteiger partial charge in [-0.05, 0) is 61.5 Å². The second-order valence-electron chi connectivity index (χ2n) is 8.59. The third-order valence-electron chi connectivity index (χ3n) is 5.88. The number of carbonyl (C=O) groups is 2. The van der Waals surface area contributed by atoms with E-state index in [-0.39, 0.29) is 5.91 Å². The van der Waals surface area contributed by atoms with E-state index >= 15 is 0 Å². The van der Waals surface area contributed by atoms with Crippen molar-refractivity contribution in [2.45, 2.75) is 13.5 Å². The van der Waals surface area contributed by atoms with E-state index in [1.807, 2.05) is 43.3 Å². The number of nitrogens with one attached hydrogen (secondary N) is 2. The Kier molecular flexibility index (Phi) is 7.57. The molecular weight excluding hydrogens is 428 g/mol. The molecule has 1 aliphatic heterocycles.